The van der Waals surface area contributed by atoms with Gasteiger partial charge in [0.25, 0.3) is 17.0 Å². The Morgan fingerprint density at radius 3 is 1.76 bits per heavy atom. The predicted octanol–water partition coefficient (Wildman–Crippen LogP) is 6.11. The highest BCUT2D eigenvalue weighted by molar-refractivity contribution is 7.92. The van der Waals surface area contributed by atoms with E-state index in [0.717, 1.165) is 49.0 Å². The van der Waals surface area contributed by atoms with Crippen molar-refractivity contribution in [3.8, 4) is 0 Å². The van der Waals surface area contributed by atoms with Crippen molar-refractivity contribution in [3.05, 3.63) is 96.3 Å². The number of aromatic nitrogens is 6. The summed E-state index contributed by atoms with van der Waals surface area (Å²) in [4.78, 5) is 63.8. The summed E-state index contributed by atoms with van der Waals surface area (Å²) in [7, 11) is -3.68. The van der Waals surface area contributed by atoms with Crippen LogP contribution in [0.2, 0.25) is 0 Å². The summed E-state index contributed by atoms with van der Waals surface area (Å²) < 4.78 is 48.3. The van der Waals surface area contributed by atoms with Gasteiger partial charge in [0.15, 0.2) is 11.3 Å². The van der Waals surface area contributed by atoms with Gasteiger partial charge in [0, 0.05) is 47.7 Å². The molecule has 18 heteroatoms. The second-order valence-electron chi connectivity index (χ2n) is 17.1. The van der Waals surface area contributed by atoms with E-state index in [1.807, 2.05) is 33.8 Å². The smallest absolute Gasteiger partial charge is 0.410 e. The lowest BCUT2D eigenvalue weighted by atomic mass is 9.90. The number of rotatable bonds is 5. The zero-order chi connectivity index (χ0) is 43.3. The molecule has 4 aromatic heterocycles. The van der Waals surface area contributed by atoms with Crippen LogP contribution in [0.4, 0.5) is 14.9 Å². The number of aromatic amines is 2. The maximum atomic E-state index is 14.0. The SMILES string of the molecule is Cc1nc2cc(C3C[C@H](C)CCN3C(=O)c3cc(F)ccc3NS(C)(=O)=O)[nH]n2c(=O)c1C.Cc1nc2cc([C@@H]3C[C@H](C)CCN3C(=O)OC(C)(C)C)[nH]n2c(=O)c1C. The van der Waals surface area contributed by atoms with Crippen molar-refractivity contribution in [1.82, 2.24) is 39.0 Å². The number of hydrogen-bond donors (Lipinski definition) is 3. The molecule has 0 spiro atoms. The van der Waals surface area contributed by atoms with Gasteiger partial charge in [-0.2, -0.15) is 0 Å². The molecule has 2 fully saturated rings. The van der Waals surface area contributed by atoms with Gasteiger partial charge in [-0.05, 0) is 104 Å². The number of carbonyl (C=O) groups is 2. The zero-order valence-electron chi connectivity index (χ0n) is 35.3. The summed E-state index contributed by atoms with van der Waals surface area (Å²) in [5.74, 6) is -0.353. The number of anilines is 1. The first-order chi connectivity index (χ1) is 27.5. The number of sulfonamides is 1. The Labute approximate surface area is 342 Å². The van der Waals surface area contributed by atoms with Crippen LogP contribution in [0.5, 0.6) is 0 Å². The number of halogens is 1. The molecule has 1 aromatic carbocycles. The molecule has 2 saturated heterocycles. The van der Waals surface area contributed by atoms with Gasteiger partial charge in [0.1, 0.15) is 11.4 Å². The van der Waals surface area contributed by atoms with Crippen LogP contribution in [-0.4, -0.2) is 84.4 Å². The van der Waals surface area contributed by atoms with Gasteiger partial charge in [0.05, 0.1) is 41.0 Å². The van der Waals surface area contributed by atoms with Crippen LogP contribution < -0.4 is 15.8 Å². The van der Waals surface area contributed by atoms with Crippen LogP contribution in [0.3, 0.4) is 0 Å². The lowest BCUT2D eigenvalue weighted by Crippen LogP contribution is -2.43. The fourth-order valence-corrected chi connectivity index (χ4v) is 8.19. The van der Waals surface area contributed by atoms with Crippen molar-refractivity contribution in [2.45, 2.75) is 106 Å². The molecule has 2 aliphatic heterocycles. The number of amides is 2. The monoisotopic (exact) mass is 835 g/mol. The first-order valence-electron chi connectivity index (χ1n) is 19.8. The van der Waals surface area contributed by atoms with E-state index in [0.29, 0.717) is 65.2 Å². The molecule has 6 heterocycles. The Hall–Kier alpha value is -5.52. The molecule has 318 valence electrons. The molecule has 0 radical (unpaired) electrons. The van der Waals surface area contributed by atoms with Crippen molar-refractivity contribution >= 4 is 39.0 Å². The standard InChI is InChI=1S/C22H26FN5O4S.C19H28N4O3/c1-12-7-8-27(22(30)16-10-15(23)5-6-17(16)26-33(4,31)32)19(9-12)18-11-20-24-14(3)13(2)21(29)28(20)25-18;1-11-7-8-22(18(25)26-19(4,5)6)15(9-11)14-10-16-20-13(3)12(2)17(24)23(16)21-14/h5-6,10-12,19,25-26H,7-9H2,1-4H3;10-11,15,21H,7-9H2,1-6H3/t12-,19?;11-,15+/m11/s1. The summed E-state index contributed by atoms with van der Waals surface area (Å²) in [6, 6.07) is 6.41. The molecule has 2 amide bonds. The van der Waals surface area contributed by atoms with Crippen LogP contribution in [0.15, 0.2) is 39.9 Å². The minimum atomic E-state index is -3.68. The third-order valence-electron chi connectivity index (χ3n) is 11.1. The Bertz CT molecular complexity index is 2660. The number of H-pyrrole nitrogens is 2. The number of likely N-dealkylation sites (tertiary alicyclic amines) is 2. The van der Waals surface area contributed by atoms with E-state index >= 15 is 0 Å². The van der Waals surface area contributed by atoms with Gasteiger partial charge in [0.2, 0.25) is 10.0 Å². The summed E-state index contributed by atoms with van der Waals surface area (Å²) >= 11 is 0. The van der Waals surface area contributed by atoms with E-state index in [4.69, 9.17) is 4.74 Å². The molecule has 0 saturated carbocycles. The molecule has 2 aliphatic rings. The van der Waals surface area contributed by atoms with Crippen LogP contribution in [-0.2, 0) is 14.8 Å². The molecule has 7 rings (SSSR count). The number of aryl methyl sites for hydroxylation is 2. The molecule has 4 atom stereocenters. The van der Waals surface area contributed by atoms with E-state index in [1.54, 1.807) is 36.6 Å². The van der Waals surface area contributed by atoms with Gasteiger partial charge < -0.3 is 9.64 Å². The Morgan fingerprint density at radius 1 is 0.814 bits per heavy atom. The molecule has 0 aliphatic carbocycles. The lowest BCUT2D eigenvalue weighted by molar-refractivity contribution is 0.00448. The van der Waals surface area contributed by atoms with Crippen LogP contribution in [0.1, 0.15) is 117 Å². The first kappa shape index (κ1) is 43.1. The average Bonchev–Trinajstić information content (AvgIpc) is 3.77. The maximum Gasteiger partial charge on any atom is 0.410 e. The number of fused-ring (bicyclic) bond motifs is 2. The van der Waals surface area contributed by atoms with E-state index in [2.05, 4.69) is 38.7 Å². The molecule has 3 N–H and O–H groups in total. The quantitative estimate of drug-likeness (QED) is 0.187. The zero-order valence-corrected chi connectivity index (χ0v) is 36.1. The molecule has 5 aromatic rings. The first-order valence-corrected chi connectivity index (χ1v) is 21.7. The van der Waals surface area contributed by atoms with E-state index < -0.39 is 33.4 Å². The number of nitrogens with zero attached hydrogens (tertiary/aromatic N) is 6. The van der Waals surface area contributed by atoms with Crippen molar-refractivity contribution in [2.75, 3.05) is 24.1 Å². The van der Waals surface area contributed by atoms with Crippen LogP contribution in [0, 0.1) is 45.3 Å². The summed E-state index contributed by atoms with van der Waals surface area (Å²) in [6.07, 6.45) is 3.76. The van der Waals surface area contributed by atoms with Gasteiger partial charge >= 0.3 is 6.09 Å². The number of hydrogen-bond acceptors (Lipinski definition) is 9. The van der Waals surface area contributed by atoms with Crippen LogP contribution >= 0.6 is 0 Å². The van der Waals surface area contributed by atoms with Gasteiger partial charge in [-0.15, -0.1) is 0 Å². The summed E-state index contributed by atoms with van der Waals surface area (Å²) in [5, 5.41) is 6.25. The molecule has 16 nitrogen and oxygen atoms in total. The van der Waals surface area contributed by atoms with E-state index in [9.17, 15) is 32.0 Å². The fourth-order valence-electron chi connectivity index (χ4n) is 7.61. The van der Waals surface area contributed by atoms with Crippen LogP contribution in [0.25, 0.3) is 11.3 Å². The summed E-state index contributed by atoms with van der Waals surface area (Å²) in [6.45, 7) is 18.0. The van der Waals surface area contributed by atoms with Crippen molar-refractivity contribution in [1.29, 1.82) is 0 Å². The molecular formula is C41H54FN9O7S. The number of nitrogens with one attached hydrogen (secondary N) is 3. The Morgan fingerprint density at radius 2 is 1.29 bits per heavy atom. The highest BCUT2D eigenvalue weighted by Crippen LogP contribution is 2.37. The second-order valence-corrected chi connectivity index (χ2v) is 18.8. The molecule has 0 bridgehead atoms. The minimum Gasteiger partial charge on any atom is -0.444 e. The second kappa shape index (κ2) is 16.3. The van der Waals surface area contributed by atoms with Crippen molar-refractivity contribution < 1.29 is 27.1 Å². The summed E-state index contributed by atoms with van der Waals surface area (Å²) in [5.41, 5.74) is 4.08. The van der Waals surface area contributed by atoms with Crippen molar-refractivity contribution in [3.63, 3.8) is 0 Å². The highest BCUT2D eigenvalue weighted by Gasteiger charge is 2.36. The minimum absolute atomic E-state index is 0.0158. The largest absolute Gasteiger partial charge is 0.444 e. The third kappa shape index (κ3) is 9.37. The number of piperidine rings is 2. The van der Waals surface area contributed by atoms with Gasteiger partial charge in [-0.1, -0.05) is 13.8 Å². The lowest BCUT2D eigenvalue weighted by Gasteiger charge is -2.38. The van der Waals surface area contributed by atoms with E-state index in [-0.39, 0.29) is 34.5 Å². The van der Waals surface area contributed by atoms with Crippen molar-refractivity contribution in [2.24, 2.45) is 11.8 Å². The molecule has 59 heavy (non-hydrogen) atoms. The normalized spacial score (nSPS) is 20.1. The predicted molar refractivity (Wildman–Crippen MR) is 222 cm³/mol. The van der Waals surface area contributed by atoms with E-state index in [1.165, 1.54) is 15.1 Å². The number of benzene rings is 1. The number of ether oxygens (including phenoxy) is 1. The van der Waals surface area contributed by atoms with Gasteiger partial charge in [-0.25, -0.2) is 36.6 Å². The molecular weight excluding hydrogens is 782 g/mol. The average molecular weight is 836 g/mol. The number of carbonyl (C=O) groups excluding carboxylic acids is 2. The topological polar surface area (TPSA) is 196 Å². The third-order valence-corrected chi connectivity index (χ3v) is 11.6. The fraction of sp³-hybridized carbons (Fsp3) is 0.512. The Kier molecular flexibility index (Phi) is 11.9. The molecule has 1 unspecified atom stereocenters. The maximum absolute atomic E-state index is 14.0. The Balaban J connectivity index is 0.000000204. The highest BCUT2D eigenvalue weighted by atomic mass is 32.2. The van der Waals surface area contributed by atoms with Gasteiger partial charge in [-0.3, -0.25) is 34.2 Å².